The van der Waals surface area contributed by atoms with Gasteiger partial charge < -0.3 is 16.9 Å². The number of aliphatic hydroxyl groups is 1. The zero-order valence-electron chi connectivity index (χ0n) is 23.7. The number of imide groups is 3. The van der Waals surface area contributed by atoms with Crippen molar-refractivity contribution in [1.29, 1.82) is 0 Å². The smallest absolute Gasteiger partial charge is 0.423 e. The summed E-state index contributed by atoms with van der Waals surface area (Å²) in [7, 11) is 0. The summed E-state index contributed by atoms with van der Waals surface area (Å²) in [4.78, 5) is 58.3. The molecule has 2 heterocycles. The van der Waals surface area contributed by atoms with Crippen molar-refractivity contribution in [2.45, 2.75) is 116 Å². The fourth-order valence-corrected chi connectivity index (χ4v) is 5.06. The summed E-state index contributed by atoms with van der Waals surface area (Å²) in [6.07, 6.45) is 12.2. The Bertz CT molecular complexity index is 715. The second-order valence-corrected chi connectivity index (χ2v) is 10.2. The Morgan fingerprint density at radius 1 is 0.947 bits per heavy atom. The van der Waals surface area contributed by atoms with Crippen molar-refractivity contribution in [2.75, 3.05) is 26.2 Å². The van der Waals surface area contributed by atoms with Crippen LogP contribution in [-0.2, 0) is 9.78 Å². The molecule has 0 saturated carbocycles. The van der Waals surface area contributed by atoms with Gasteiger partial charge in [0.25, 0.3) is 0 Å². The van der Waals surface area contributed by atoms with E-state index in [1.807, 2.05) is 0 Å². The number of unbranched alkanes of at least 4 members (excludes halogenated alkanes) is 8. The summed E-state index contributed by atoms with van der Waals surface area (Å²) in [6, 6.07) is -1.46. The quantitative estimate of drug-likeness (QED) is 0.0380. The van der Waals surface area contributed by atoms with E-state index in [-0.39, 0.29) is 6.61 Å². The Morgan fingerprint density at radius 2 is 1.50 bits per heavy atom. The molecular formula is C27H48N4O6Rf. The van der Waals surface area contributed by atoms with Crippen molar-refractivity contribution in [2.24, 2.45) is 4.99 Å². The van der Waals surface area contributed by atoms with E-state index in [1.165, 1.54) is 9.80 Å². The van der Waals surface area contributed by atoms with Crippen LogP contribution in [0, 0.1) is 6.92 Å². The number of carbonyl (C=O) groups excluding carboxylic acids is 3. The predicted octanol–water partition coefficient (Wildman–Crippen LogP) is 5.79. The normalized spacial score (nSPS) is 20.6. The van der Waals surface area contributed by atoms with Crippen LogP contribution in [0.15, 0.2) is 4.99 Å². The molecule has 0 aliphatic carbocycles. The monoisotopic (exact) mass is 791 g/mol. The van der Waals surface area contributed by atoms with Gasteiger partial charge in [0.2, 0.25) is 12.6 Å². The van der Waals surface area contributed by atoms with E-state index in [1.54, 1.807) is 0 Å². The van der Waals surface area contributed by atoms with Crippen molar-refractivity contribution in [3.63, 3.8) is 0 Å². The Morgan fingerprint density at radius 3 is 2.03 bits per heavy atom. The third-order valence-electron chi connectivity index (χ3n) is 7.16. The molecule has 2 fully saturated rings. The average Bonchev–Trinajstić information content (AvgIpc) is 3.09. The fourth-order valence-electron chi connectivity index (χ4n) is 5.06. The SMILES string of the molecule is [CH2-]C(O)COO/C=N\C1CCCCC[N+]12C(=O)N(CCCCCCC)C(=O)N(CCCCCCC)C2=O.[Rf]. The molecule has 10 nitrogen and oxygen atoms in total. The van der Waals surface area contributed by atoms with Crippen LogP contribution < -0.4 is 0 Å². The number of quaternary nitrogens is 1. The molecule has 2 atom stereocenters. The van der Waals surface area contributed by atoms with E-state index >= 15 is 0 Å². The molecule has 1 N–H and O–H groups in total. The average molecular weight is 792 g/mol. The predicted molar refractivity (Wildman–Crippen MR) is 141 cm³/mol. The first-order valence-corrected chi connectivity index (χ1v) is 14.3. The molecule has 214 valence electrons. The standard InChI is InChI=1S/C27H48N4O6.Rf/c1-4-6-8-10-14-18-29-25(33)30(19-15-11-9-7-5-2)27(35)31(26(29)34)20-16-12-13-17-24(31)28-22-37-36-21-23(3)32;/h22-24,32H,3-21H2,1-2H3;/b28-22-;. The number of aliphatic imine (C=N–C) groups is 1. The van der Waals surface area contributed by atoms with E-state index < -0.39 is 34.8 Å². The van der Waals surface area contributed by atoms with Gasteiger partial charge in [-0.25, -0.2) is 24.2 Å². The van der Waals surface area contributed by atoms with Gasteiger partial charge in [0.1, 0.15) is 0 Å². The minimum atomic E-state index is -0.947. The van der Waals surface area contributed by atoms with Crippen LogP contribution >= 0.6 is 0 Å². The van der Waals surface area contributed by atoms with Crippen molar-refractivity contribution >= 4 is 24.5 Å². The third kappa shape index (κ3) is 8.77. The van der Waals surface area contributed by atoms with Crippen LogP contribution in [0.5, 0.6) is 0 Å². The van der Waals surface area contributed by atoms with E-state index in [9.17, 15) is 19.5 Å². The molecule has 0 aromatic carbocycles. The summed E-state index contributed by atoms with van der Waals surface area (Å²) >= 11 is 0. The van der Waals surface area contributed by atoms with Gasteiger partial charge >= 0.3 is 18.1 Å². The van der Waals surface area contributed by atoms with Gasteiger partial charge in [0.05, 0.1) is 13.2 Å². The van der Waals surface area contributed by atoms with Crippen molar-refractivity contribution in [3.05, 3.63) is 6.92 Å². The number of amides is 6. The maximum absolute atomic E-state index is 14.0. The van der Waals surface area contributed by atoms with Gasteiger partial charge in [0.15, 0.2) is 0 Å². The first-order chi connectivity index (χ1) is 17.9. The summed E-state index contributed by atoms with van der Waals surface area (Å²) in [5.74, 6) is 0. The number of rotatable bonds is 17. The van der Waals surface area contributed by atoms with Crippen LogP contribution in [0.25, 0.3) is 0 Å². The molecule has 0 radical (unpaired) electrons. The second-order valence-electron chi connectivity index (χ2n) is 10.2. The molecule has 6 amide bonds. The van der Waals surface area contributed by atoms with Gasteiger partial charge in [-0.15, -0.1) is 4.48 Å². The number of urea groups is 3. The molecule has 1 spiro atoms. The fraction of sp³-hybridized carbons (Fsp3) is 0.815. The van der Waals surface area contributed by atoms with E-state index in [0.29, 0.717) is 45.3 Å². The number of hydrogen-bond donors (Lipinski definition) is 1. The van der Waals surface area contributed by atoms with E-state index in [0.717, 1.165) is 70.6 Å². The van der Waals surface area contributed by atoms with E-state index in [2.05, 4.69) is 25.8 Å². The van der Waals surface area contributed by atoms with Gasteiger partial charge in [-0.2, -0.15) is 9.88 Å². The van der Waals surface area contributed by atoms with Gasteiger partial charge in [0, 0.05) is 19.5 Å². The van der Waals surface area contributed by atoms with Crippen LogP contribution in [0.4, 0.5) is 14.4 Å². The summed E-state index contributed by atoms with van der Waals surface area (Å²) in [6.45, 7) is 8.46. The van der Waals surface area contributed by atoms with Crippen molar-refractivity contribution in [3.8, 4) is 0 Å². The minimum absolute atomic E-state index is 0. The molecule has 0 bridgehead atoms. The molecule has 2 saturated heterocycles. The van der Waals surface area contributed by atoms with E-state index in [4.69, 9.17) is 9.78 Å². The molecule has 38 heavy (non-hydrogen) atoms. The number of hydrogen-bond acceptors (Lipinski definition) is 7. The van der Waals surface area contributed by atoms with Gasteiger partial charge in [-0.1, -0.05) is 65.2 Å². The molecule has 0 aromatic heterocycles. The van der Waals surface area contributed by atoms with Crippen LogP contribution in [0.3, 0.4) is 0 Å². The second kappa shape index (κ2) is 17.5. The molecule has 2 aliphatic heterocycles. The summed E-state index contributed by atoms with van der Waals surface area (Å²) in [5.41, 5.74) is 0. The van der Waals surface area contributed by atoms with Crippen LogP contribution in [-0.4, -0.2) is 82.4 Å². The Balaban J connectivity index is 0.00000722. The molecule has 2 unspecified atom stereocenters. The first kappa shape index (κ1) is 33.0. The third-order valence-corrected chi connectivity index (χ3v) is 7.16. The topological polar surface area (TPSA) is 109 Å². The maximum Gasteiger partial charge on any atom is 0.438 e. The van der Waals surface area contributed by atoms with Crippen LogP contribution in [0.2, 0.25) is 0 Å². The zero-order chi connectivity index (χ0) is 27.1. The Labute approximate surface area is 222 Å². The Hall–Kier alpha value is -3.04. The number of carbonyl (C=O) groups is 3. The maximum atomic E-state index is 14.0. The molecule has 2 aliphatic rings. The molecular weight excluding hydrogens is 743 g/mol. The zero-order valence-corrected chi connectivity index (χ0v) is 30.1. The number of aliphatic hydroxyl groups excluding tert-OH is 1. The Kier molecular flexibility index (Phi) is 15.2. The van der Waals surface area contributed by atoms with Crippen molar-refractivity contribution < 1.29 is 33.7 Å². The molecule has 0 aromatic rings. The van der Waals surface area contributed by atoms with Gasteiger partial charge in [-0.3, -0.25) is 0 Å². The largest absolute Gasteiger partial charge is 0.438 e. The van der Waals surface area contributed by atoms with Crippen LogP contribution in [0.1, 0.15) is 104 Å². The number of nitrogens with zero attached hydrogens (tertiary/aromatic N) is 4. The van der Waals surface area contributed by atoms with Crippen molar-refractivity contribution in [1.82, 2.24) is 9.80 Å². The molecule has 2 rings (SSSR count). The summed E-state index contributed by atoms with van der Waals surface area (Å²) in [5, 5.41) is 9.23. The minimum Gasteiger partial charge on any atom is -0.423 e. The van der Waals surface area contributed by atoms with Gasteiger partial charge in [-0.05, 0) is 38.2 Å². The summed E-state index contributed by atoms with van der Waals surface area (Å²) < 4.78 is -0.520. The first-order valence-electron chi connectivity index (χ1n) is 14.3. The molecule has 11 heteroatoms.